The number of fused-ring (bicyclic) bond motifs is 2. The number of hydrogen-bond acceptors (Lipinski definition) is 15. The lowest BCUT2D eigenvalue weighted by molar-refractivity contribution is -0.136. The number of imide groups is 2. The molecule has 0 radical (unpaired) electrons. The van der Waals surface area contributed by atoms with Crippen molar-refractivity contribution in [2.75, 3.05) is 86.3 Å². The number of nitrogens with one attached hydrogen (secondary N) is 4. The zero-order valence-electron chi connectivity index (χ0n) is 36.2. The fourth-order valence-electron chi connectivity index (χ4n) is 7.62. The van der Waals surface area contributed by atoms with Crippen LogP contribution in [0.3, 0.4) is 0 Å². The Morgan fingerprint density at radius 2 is 1.52 bits per heavy atom. The molecule has 0 aliphatic carbocycles. The Bertz CT molecular complexity index is 2230. The van der Waals surface area contributed by atoms with Gasteiger partial charge in [0.2, 0.25) is 17.7 Å². The molecule has 6 rings (SSSR count). The SMILES string of the molecule is CC[C@@H]1[C@H](F)C(=O)N[C@@H]1CCOc1nccc2cc(C(=O)NCCOCCOCCOCCOCCNC(=O)COc3cccc4c3C(=O)N(C3CCC(=O)NC3=O)C4=O)c(OC)cc12. The molecule has 1 aromatic heterocycles. The summed E-state index contributed by atoms with van der Waals surface area (Å²) in [6.07, 6.45) is 1.03. The molecule has 4 N–H and O–H groups in total. The molecular formula is C44H53FN6O14. The van der Waals surface area contributed by atoms with E-state index in [1.807, 2.05) is 6.92 Å². The summed E-state index contributed by atoms with van der Waals surface area (Å²) >= 11 is 0. The number of ether oxygens (including phenoxy) is 7. The standard InChI is InChI=1S/C44H53FN6O14/c1-3-27-31(49-41(56)38(27)45)10-14-64-42-29-24-34(59-2)30(23-26(29)9-11-48-42)39(54)47-13-16-61-18-20-63-22-21-62-19-17-60-15-12-46-36(53)25-65-33-6-4-5-28-37(33)44(58)51(43(28)57)32-7-8-35(52)50-40(32)55/h4-6,9,11,23-24,27,31-32,38H,3,7-8,10,12-22,25H2,1-2H3,(H,46,53)(H,47,54)(H,49,56)(H,50,52,55)/t27-,31+,32?,38-/m0/s1. The Morgan fingerprint density at radius 1 is 0.831 bits per heavy atom. The van der Waals surface area contributed by atoms with Gasteiger partial charge in [-0.05, 0) is 48.6 Å². The van der Waals surface area contributed by atoms with Crippen molar-refractivity contribution < 1.29 is 71.1 Å². The molecule has 0 spiro atoms. The minimum Gasteiger partial charge on any atom is -0.496 e. The third kappa shape index (κ3) is 12.3. The Labute approximate surface area is 373 Å². The monoisotopic (exact) mass is 908 g/mol. The highest BCUT2D eigenvalue weighted by Gasteiger charge is 2.46. The second-order valence-corrected chi connectivity index (χ2v) is 15.1. The summed E-state index contributed by atoms with van der Waals surface area (Å²) in [5.74, 6) is -3.74. The van der Waals surface area contributed by atoms with Crippen LogP contribution in [0.1, 0.15) is 63.7 Å². The smallest absolute Gasteiger partial charge is 0.266 e. The molecule has 21 heteroatoms. The number of methoxy groups -OCH3 is 1. The Balaban J connectivity index is 0.769. The minimum atomic E-state index is -1.52. The van der Waals surface area contributed by atoms with E-state index in [4.69, 9.17) is 33.2 Å². The van der Waals surface area contributed by atoms with Gasteiger partial charge in [-0.3, -0.25) is 43.8 Å². The van der Waals surface area contributed by atoms with Crippen LogP contribution < -0.4 is 35.5 Å². The van der Waals surface area contributed by atoms with Gasteiger partial charge in [-0.2, -0.15) is 0 Å². The number of carbonyl (C=O) groups is 7. The molecule has 2 fully saturated rings. The number of carbonyl (C=O) groups excluding carboxylic acids is 7. The maximum Gasteiger partial charge on any atom is 0.266 e. The quantitative estimate of drug-likeness (QED) is 0.0655. The number of benzene rings is 2. The number of halogens is 1. The fourth-order valence-corrected chi connectivity index (χ4v) is 7.62. The number of pyridine rings is 1. The molecular weight excluding hydrogens is 856 g/mol. The van der Waals surface area contributed by atoms with Crippen molar-refractivity contribution in [1.29, 1.82) is 0 Å². The topological polar surface area (TPSA) is 248 Å². The molecule has 3 aromatic rings. The molecule has 4 heterocycles. The molecule has 1 unspecified atom stereocenters. The summed E-state index contributed by atoms with van der Waals surface area (Å²) in [4.78, 5) is 92.4. The van der Waals surface area contributed by atoms with Gasteiger partial charge in [-0.25, -0.2) is 9.37 Å². The van der Waals surface area contributed by atoms with E-state index in [0.717, 1.165) is 4.90 Å². The maximum absolute atomic E-state index is 14.2. The number of aromatic nitrogens is 1. The molecule has 2 saturated heterocycles. The lowest BCUT2D eigenvalue weighted by Gasteiger charge is -2.27. The number of hydrogen-bond donors (Lipinski definition) is 4. The third-order valence-electron chi connectivity index (χ3n) is 10.9. The second-order valence-electron chi connectivity index (χ2n) is 15.1. The van der Waals surface area contributed by atoms with Gasteiger partial charge in [-0.1, -0.05) is 13.0 Å². The number of rotatable bonds is 26. The van der Waals surface area contributed by atoms with Crippen LogP contribution >= 0.6 is 0 Å². The lowest BCUT2D eigenvalue weighted by atomic mass is 9.94. The summed E-state index contributed by atoms with van der Waals surface area (Å²) in [5.41, 5.74) is 0.325. The molecule has 0 saturated carbocycles. The molecule has 4 atom stereocenters. The minimum absolute atomic E-state index is 0.00343. The van der Waals surface area contributed by atoms with Crippen LogP contribution in [0.25, 0.3) is 10.8 Å². The summed E-state index contributed by atoms with van der Waals surface area (Å²) < 4.78 is 53.2. The van der Waals surface area contributed by atoms with Crippen molar-refractivity contribution in [2.24, 2.45) is 5.92 Å². The van der Waals surface area contributed by atoms with E-state index < -0.39 is 60.2 Å². The average molecular weight is 909 g/mol. The molecule has 2 aromatic carbocycles. The zero-order valence-corrected chi connectivity index (χ0v) is 36.2. The van der Waals surface area contributed by atoms with E-state index in [2.05, 4.69) is 26.3 Å². The summed E-state index contributed by atoms with van der Waals surface area (Å²) in [7, 11) is 1.46. The van der Waals surface area contributed by atoms with E-state index in [1.165, 1.54) is 25.3 Å². The van der Waals surface area contributed by atoms with E-state index in [0.29, 0.717) is 73.8 Å². The van der Waals surface area contributed by atoms with E-state index >= 15 is 0 Å². The van der Waals surface area contributed by atoms with Gasteiger partial charge in [0, 0.05) is 49.5 Å². The van der Waals surface area contributed by atoms with E-state index in [-0.39, 0.29) is 81.2 Å². The number of amides is 7. The van der Waals surface area contributed by atoms with Gasteiger partial charge >= 0.3 is 0 Å². The van der Waals surface area contributed by atoms with Gasteiger partial charge in [0.25, 0.3) is 29.5 Å². The van der Waals surface area contributed by atoms with Crippen LogP contribution in [-0.2, 0) is 38.1 Å². The molecule has 20 nitrogen and oxygen atoms in total. The summed E-state index contributed by atoms with van der Waals surface area (Å²) in [6.45, 7) is 4.39. The van der Waals surface area contributed by atoms with Crippen LogP contribution in [0, 0.1) is 5.92 Å². The molecule has 3 aliphatic rings. The highest BCUT2D eigenvalue weighted by atomic mass is 19.1. The molecule has 7 amide bonds. The fraction of sp³-hybridized carbons (Fsp3) is 0.500. The van der Waals surface area contributed by atoms with Gasteiger partial charge < -0.3 is 49.1 Å². The number of alkyl halides is 1. The second kappa shape index (κ2) is 23.6. The summed E-state index contributed by atoms with van der Waals surface area (Å²) in [5, 5.41) is 11.7. The van der Waals surface area contributed by atoms with Gasteiger partial charge in [0.1, 0.15) is 17.5 Å². The molecule has 3 aliphatic heterocycles. The zero-order chi connectivity index (χ0) is 46.3. The first kappa shape index (κ1) is 48.2. The lowest BCUT2D eigenvalue weighted by Crippen LogP contribution is -2.54. The average Bonchev–Trinajstić information content (AvgIpc) is 3.72. The van der Waals surface area contributed by atoms with E-state index in [9.17, 15) is 38.0 Å². The van der Waals surface area contributed by atoms with Crippen LogP contribution in [0.15, 0.2) is 42.6 Å². The number of piperidine rings is 1. The highest BCUT2D eigenvalue weighted by Crippen LogP contribution is 2.34. The largest absolute Gasteiger partial charge is 0.496 e. The van der Waals surface area contributed by atoms with Crippen molar-refractivity contribution in [3.8, 4) is 17.4 Å². The van der Waals surface area contributed by atoms with Crippen molar-refractivity contribution in [3.63, 3.8) is 0 Å². The third-order valence-corrected chi connectivity index (χ3v) is 10.9. The molecule has 350 valence electrons. The first-order valence-corrected chi connectivity index (χ1v) is 21.4. The summed E-state index contributed by atoms with van der Waals surface area (Å²) in [6, 6.07) is 8.08. The van der Waals surface area contributed by atoms with Crippen LogP contribution in [0.5, 0.6) is 17.4 Å². The highest BCUT2D eigenvalue weighted by molar-refractivity contribution is 6.24. The van der Waals surface area contributed by atoms with Crippen LogP contribution in [0.2, 0.25) is 0 Å². The predicted molar refractivity (Wildman–Crippen MR) is 226 cm³/mol. The van der Waals surface area contributed by atoms with Crippen molar-refractivity contribution in [3.05, 3.63) is 59.3 Å². The first-order valence-electron chi connectivity index (χ1n) is 21.4. The maximum atomic E-state index is 14.2. The van der Waals surface area contributed by atoms with E-state index in [1.54, 1.807) is 24.4 Å². The normalized spacial score (nSPS) is 19.2. The van der Waals surface area contributed by atoms with Crippen molar-refractivity contribution >= 4 is 52.1 Å². The van der Waals surface area contributed by atoms with Crippen molar-refractivity contribution in [1.82, 2.24) is 31.2 Å². The Kier molecular flexibility index (Phi) is 17.5. The molecule has 0 bridgehead atoms. The predicted octanol–water partition coefficient (Wildman–Crippen LogP) is 1.27. The first-order chi connectivity index (χ1) is 31.5. The van der Waals surface area contributed by atoms with Crippen LogP contribution in [-0.4, -0.2) is 156 Å². The van der Waals surface area contributed by atoms with Gasteiger partial charge in [0.15, 0.2) is 12.8 Å². The Hall–Kier alpha value is -6.29. The van der Waals surface area contributed by atoms with Gasteiger partial charge in [-0.15, -0.1) is 0 Å². The van der Waals surface area contributed by atoms with Crippen molar-refractivity contribution in [2.45, 2.75) is 50.9 Å². The number of nitrogens with zero attached hydrogens (tertiary/aromatic N) is 2. The molecule has 65 heavy (non-hydrogen) atoms. The van der Waals surface area contributed by atoms with Crippen LogP contribution in [0.4, 0.5) is 4.39 Å². The Morgan fingerprint density at radius 3 is 2.20 bits per heavy atom. The van der Waals surface area contributed by atoms with Gasteiger partial charge in [0.05, 0.1) is 83.3 Å².